The molecule has 0 aliphatic rings. The molecule has 1 atom stereocenters. The van der Waals surface area contributed by atoms with Gasteiger partial charge in [0.2, 0.25) is 0 Å². The number of rotatable bonds is 4. The Hall–Kier alpha value is -1.32. The largest absolute Gasteiger partial charge is 0.361 e. The van der Waals surface area contributed by atoms with Crippen molar-refractivity contribution >= 4 is 28.3 Å². The summed E-state index contributed by atoms with van der Waals surface area (Å²) in [7, 11) is 0. The van der Waals surface area contributed by atoms with Crippen molar-refractivity contribution in [3.63, 3.8) is 0 Å². The van der Waals surface area contributed by atoms with Gasteiger partial charge in [0.25, 0.3) is 0 Å². The highest BCUT2D eigenvalue weighted by Gasteiger charge is 2.14. The minimum Gasteiger partial charge on any atom is -0.361 e. The number of nitrogens with two attached hydrogens (primary N) is 1. The first-order chi connectivity index (χ1) is 7.72. The molecule has 0 bridgehead atoms. The first-order valence-corrected chi connectivity index (χ1v) is 5.65. The molecule has 0 fully saturated rings. The van der Waals surface area contributed by atoms with Gasteiger partial charge in [-0.1, -0.05) is 18.2 Å². The van der Waals surface area contributed by atoms with Crippen molar-refractivity contribution < 1.29 is 4.79 Å². The fraction of sp³-hybridized carbons (Fsp3) is 0.250. The Kier molecular flexibility index (Phi) is 3.27. The molecule has 2 aromatic rings. The van der Waals surface area contributed by atoms with Crippen LogP contribution in [0.25, 0.3) is 10.9 Å². The molecule has 4 heteroatoms. The summed E-state index contributed by atoms with van der Waals surface area (Å²) in [5, 5.41) is 1.11. The summed E-state index contributed by atoms with van der Waals surface area (Å²) in [6.07, 6.45) is 2.42. The molecule has 2 rings (SSSR count). The lowest BCUT2D eigenvalue weighted by molar-refractivity contribution is -0.117. The molecular formula is C12H13ClN2O. The molecule has 0 saturated heterocycles. The van der Waals surface area contributed by atoms with E-state index in [0.29, 0.717) is 6.42 Å². The van der Waals surface area contributed by atoms with Gasteiger partial charge in [-0.25, -0.2) is 0 Å². The Balaban J connectivity index is 2.24. The van der Waals surface area contributed by atoms with Crippen LogP contribution in [-0.2, 0) is 11.2 Å². The maximum absolute atomic E-state index is 11.3. The van der Waals surface area contributed by atoms with Crippen molar-refractivity contribution in [1.82, 2.24) is 4.98 Å². The van der Waals surface area contributed by atoms with Gasteiger partial charge in [-0.05, 0) is 18.1 Å². The quantitative estimate of drug-likeness (QED) is 0.796. The first kappa shape index (κ1) is 11.2. The summed E-state index contributed by atoms with van der Waals surface area (Å²) in [5.74, 6) is -0.143. The minimum atomic E-state index is -0.517. The molecule has 1 heterocycles. The fourth-order valence-electron chi connectivity index (χ4n) is 1.75. The summed E-state index contributed by atoms with van der Waals surface area (Å²) in [5.41, 5.74) is 7.88. The smallest absolute Gasteiger partial charge is 0.164 e. The zero-order valence-electron chi connectivity index (χ0n) is 8.74. The van der Waals surface area contributed by atoms with E-state index < -0.39 is 6.04 Å². The van der Waals surface area contributed by atoms with Crippen LogP contribution in [0, 0.1) is 0 Å². The molecule has 0 aliphatic heterocycles. The number of carbonyl (C=O) groups excluding carboxylic acids is 1. The number of alkyl halides is 1. The SMILES string of the molecule is N[C@@H](Cc1c[nH]c2ccccc12)C(=O)CCl. The van der Waals surface area contributed by atoms with Crippen LogP contribution in [-0.4, -0.2) is 22.7 Å². The number of Topliss-reactive ketones (excluding diaryl/α,β-unsaturated/α-hetero) is 1. The Labute approximate surface area is 98.6 Å². The van der Waals surface area contributed by atoms with Crippen LogP contribution in [0.1, 0.15) is 5.56 Å². The number of carbonyl (C=O) groups is 1. The molecular weight excluding hydrogens is 224 g/mol. The highest BCUT2D eigenvalue weighted by atomic mass is 35.5. The molecule has 3 N–H and O–H groups in total. The second-order valence-corrected chi connectivity index (χ2v) is 4.04. The van der Waals surface area contributed by atoms with Gasteiger partial charge in [-0.3, -0.25) is 4.79 Å². The van der Waals surface area contributed by atoms with Crippen LogP contribution >= 0.6 is 11.6 Å². The summed E-state index contributed by atoms with van der Waals surface area (Å²) < 4.78 is 0. The van der Waals surface area contributed by atoms with Crippen LogP contribution in [0.5, 0.6) is 0 Å². The van der Waals surface area contributed by atoms with Gasteiger partial charge < -0.3 is 10.7 Å². The fourth-order valence-corrected chi connectivity index (χ4v) is 1.95. The van der Waals surface area contributed by atoms with Crippen molar-refractivity contribution in [1.29, 1.82) is 0 Å². The summed E-state index contributed by atoms with van der Waals surface area (Å²) in [6.45, 7) is 0. The normalized spacial score (nSPS) is 12.9. The zero-order chi connectivity index (χ0) is 11.5. The van der Waals surface area contributed by atoms with E-state index in [1.54, 1.807) is 0 Å². The van der Waals surface area contributed by atoms with E-state index in [2.05, 4.69) is 4.98 Å². The van der Waals surface area contributed by atoms with Crippen molar-refractivity contribution in [3.8, 4) is 0 Å². The second kappa shape index (κ2) is 4.68. The Morgan fingerprint density at radius 1 is 1.44 bits per heavy atom. The highest BCUT2D eigenvalue weighted by molar-refractivity contribution is 6.28. The van der Waals surface area contributed by atoms with Crippen molar-refractivity contribution in [3.05, 3.63) is 36.0 Å². The Bertz CT molecular complexity index is 506. The van der Waals surface area contributed by atoms with E-state index in [9.17, 15) is 4.79 Å². The van der Waals surface area contributed by atoms with Gasteiger partial charge in [-0.2, -0.15) is 0 Å². The third-order valence-corrected chi connectivity index (χ3v) is 2.92. The lowest BCUT2D eigenvalue weighted by Crippen LogP contribution is -2.33. The van der Waals surface area contributed by atoms with Gasteiger partial charge in [0, 0.05) is 17.1 Å². The van der Waals surface area contributed by atoms with Crippen LogP contribution in [0.15, 0.2) is 30.5 Å². The first-order valence-electron chi connectivity index (χ1n) is 5.11. The van der Waals surface area contributed by atoms with Crippen molar-refractivity contribution in [2.75, 3.05) is 5.88 Å². The number of hydrogen-bond donors (Lipinski definition) is 2. The molecule has 0 aliphatic carbocycles. The van der Waals surface area contributed by atoms with Crippen molar-refractivity contribution in [2.45, 2.75) is 12.5 Å². The molecule has 0 saturated carbocycles. The summed E-state index contributed by atoms with van der Waals surface area (Å²) >= 11 is 5.47. The highest BCUT2D eigenvalue weighted by Crippen LogP contribution is 2.18. The molecule has 0 spiro atoms. The third-order valence-electron chi connectivity index (χ3n) is 2.66. The molecule has 3 nitrogen and oxygen atoms in total. The van der Waals surface area contributed by atoms with Gasteiger partial charge >= 0.3 is 0 Å². The van der Waals surface area contributed by atoms with Gasteiger partial charge in [-0.15, -0.1) is 11.6 Å². The van der Waals surface area contributed by atoms with E-state index in [-0.39, 0.29) is 11.7 Å². The van der Waals surface area contributed by atoms with Gasteiger partial charge in [0.15, 0.2) is 5.78 Å². The number of para-hydroxylation sites is 1. The zero-order valence-corrected chi connectivity index (χ0v) is 9.50. The van der Waals surface area contributed by atoms with E-state index in [4.69, 9.17) is 17.3 Å². The minimum absolute atomic E-state index is 0.0243. The van der Waals surface area contributed by atoms with Gasteiger partial charge in [0.1, 0.15) is 0 Å². The number of aromatic nitrogens is 1. The summed E-state index contributed by atoms with van der Waals surface area (Å²) in [4.78, 5) is 14.5. The van der Waals surface area contributed by atoms with Crippen LogP contribution < -0.4 is 5.73 Å². The average Bonchev–Trinajstić information content (AvgIpc) is 2.72. The van der Waals surface area contributed by atoms with E-state index in [1.807, 2.05) is 30.5 Å². The summed E-state index contributed by atoms with van der Waals surface area (Å²) in [6, 6.07) is 7.42. The van der Waals surface area contributed by atoms with E-state index in [1.165, 1.54) is 0 Å². The predicted octanol–water partition coefficient (Wildman–Crippen LogP) is 1.85. The molecule has 0 amide bonds. The average molecular weight is 237 g/mol. The number of ketones is 1. The van der Waals surface area contributed by atoms with Crippen LogP contribution in [0.4, 0.5) is 0 Å². The number of benzene rings is 1. The number of H-pyrrole nitrogens is 1. The number of hydrogen-bond acceptors (Lipinski definition) is 2. The topological polar surface area (TPSA) is 58.9 Å². The van der Waals surface area contributed by atoms with Crippen molar-refractivity contribution in [2.24, 2.45) is 5.73 Å². The third kappa shape index (κ3) is 2.10. The van der Waals surface area contributed by atoms with Crippen LogP contribution in [0.3, 0.4) is 0 Å². The Morgan fingerprint density at radius 3 is 2.94 bits per heavy atom. The molecule has 0 unspecified atom stereocenters. The number of aromatic amines is 1. The number of halogens is 1. The lowest BCUT2D eigenvalue weighted by Gasteiger charge is -2.07. The predicted molar refractivity (Wildman–Crippen MR) is 65.7 cm³/mol. The molecule has 84 valence electrons. The maximum atomic E-state index is 11.3. The van der Waals surface area contributed by atoms with Gasteiger partial charge in [0.05, 0.1) is 11.9 Å². The standard InChI is InChI=1S/C12H13ClN2O/c13-6-12(16)10(14)5-8-7-15-11-4-2-1-3-9(8)11/h1-4,7,10,15H,5-6,14H2/t10-/m0/s1. The monoisotopic (exact) mass is 236 g/mol. The molecule has 1 aromatic heterocycles. The number of nitrogens with one attached hydrogen (secondary N) is 1. The molecule has 1 aromatic carbocycles. The number of fused-ring (bicyclic) bond motifs is 1. The lowest BCUT2D eigenvalue weighted by atomic mass is 10.0. The van der Waals surface area contributed by atoms with E-state index in [0.717, 1.165) is 16.5 Å². The molecule has 0 radical (unpaired) electrons. The Morgan fingerprint density at radius 2 is 2.19 bits per heavy atom. The molecule has 16 heavy (non-hydrogen) atoms. The maximum Gasteiger partial charge on any atom is 0.164 e. The van der Waals surface area contributed by atoms with Crippen LogP contribution in [0.2, 0.25) is 0 Å². The second-order valence-electron chi connectivity index (χ2n) is 3.77. The van der Waals surface area contributed by atoms with E-state index >= 15 is 0 Å².